The summed E-state index contributed by atoms with van der Waals surface area (Å²) in [7, 11) is -1.40. The molecule has 1 N–H and O–H groups in total. The maximum absolute atomic E-state index is 12.3. The van der Waals surface area contributed by atoms with E-state index in [9.17, 15) is 8.42 Å². The molecule has 0 aliphatic rings. The van der Waals surface area contributed by atoms with Crippen molar-refractivity contribution in [2.24, 2.45) is 7.05 Å². The van der Waals surface area contributed by atoms with Crippen molar-refractivity contribution in [3.05, 3.63) is 47.8 Å². The first-order valence-electron chi connectivity index (χ1n) is 6.88. The quantitative estimate of drug-likeness (QED) is 0.882. The van der Waals surface area contributed by atoms with Gasteiger partial charge in [0.25, 0.3) is 0 Å². The van der Waals surface area contributed by atoms with E-state index in [1.807, 2.05) is 39.1 Å². The monoisotopic (exact) mass is 307 g/mol. The second kappa shape index (κ2) is 6.41. The molecule has 1 aromatic heterocycles. The Morgan fingerprint density at radius 2 is 1.90 bits per heavy atom. The Morgan fingerprint density at radius 1 is 1.24 bits per heavy atom. The molecule has 0 saturated heterocycles. The molecule has 114 valence electrons. The number of hydrogen-bond donors (Lipinski definition) is 1. The molecule has 0 amide bonds. The fourth-order valence-electron chi connectivity index (χ4n) is 2.08. The molecule has 0 bridgehead atoms. The van der Waals surface area contributed by atoms with Crippen LogP contribution in [0.1, 0.15) is 18.2 Å². The summed E-state index contributed by atoms with van der Waals surface area (Å²) in [5.41, 5.74) is 2.07. The highest BCUT2D eigenvalue weighted by Gasteiger charge is 2.18. The number of benzene rings is 1. The molecule has 21 heavy (non-hydrogen) atoms. The smallest absolute Gasteiger partial charge is 0.179 e. The lowest BCUT2D eigenvalue weighted by molar-refractivity contribution is 0.542. The number of sulfone groups is 1. The van der Waals surface area contributed by atoms with Gasteiger partial charge < -0.3 is 5.32 Å². The van der Waals surface area contributed by atoms with E-state index < -0.39 is 9.84 Å². The summed E-state index contributed by atoms with van der Waals surface area (Å²) >= 11 is 0. The molecular formula is C15H21N3O2S. The Bertz CT molecular complexity index is 690. The first-order chi connectivity index (χ1) is 9.88. The van der Waals surface area contributed by atoms with Crippen LogP contribution in [0.5, 0.6) is 0 Å². The maximum Gasteiger partial charge on any atom is 0.179 e. The topological polar surface area (TPSA) is 64.0 Å². The van der Waals surface area contributed by atoms with Crippen LogP contribution in [0, 0.1) is 6.92 Å². The van der Waals surface area contributed by atoms with E-state index in [0.29, 0.717) is 11.4 Å². The van der Waals surface area contributed by atoms with Crippen molar-refractivity contribution in [2.45, 2.75) is 31.3 Å². The number of nitrogens with zero attached hydrogens (tertiary/aromatic N) is 2. The highest BCUT2D eigenvalue weighted by Crippen LogP contribution is 2.13. The van der Waals surface area contributed by atoms with Gasteiger partial charge in [0, 0.05) is 25.8 Å². The average Bonchev–Trinajstić information content (AvgIpc) is 2.82. The Balaban J connectivity index is 1.96. The molecule has 5 nitrogen and oxygen atoms in total. The van der Waals surface area contributed by atoms with Crippen molar-refractivity contribution in [2.75, 3.05) is 5.75 Å². The Morgan fingerprint density at radius 3 is 2.48 bits per heavy atom. The molecule has 1 heterocycles. The standard InChI is InChI=1S/C15H21N3O2S/c1-12-4-6-15(7-5-12)21(19,20)11-13(2)16-10-14-8-9-17-18(14)3/h4-9,13,16H,10-11H2,1-3H3. The van der Waals surface area contributed by atoms with E-state index in [2.05, 4.69) is 10.4 Å². The molecule has 2 rings (SSSR count). The summed E-state index contributed by atoms with van der Waals surface area (Å²) in [6.45, 7) is 4.41. The fourth-order valence-corrected chi connectivity index (χ4v) is 3.60. The van der Waals surface area contributed by atoms with Crippen LogP contribution in [0.25, 0.3) is 0 Å². The lowest BCUT2D eigenvalue weighted by atomic mass is 10.2. The molecule has 0 fully saturated rings. The van der Waals surface area contributed by atoms with Crippen molar-refractivity contribution in [3.63, 3.8) is 0 Å². The summed E-state index contributed by atoms with van der Waals surface area (Å²) in [4.78, 5) is 0.377. The zero-order valence-corrected chi connectivity index (χ0v) is 13.4. The molecule has 0 aliphatic heterocycles. The van der Waals surface area contributed by atoms with Crippen molar-refractivity contribution >= 4 is 9.84 Å². The normalized spacial score (nSPS) is 13.3. The van der Waals surface area contributed by atoms with Gasteiger partial charge in [0.15, 0.2) is 9.84 Å². The minimum Gasteiger partial charge on any atom is -0.308 e. The highest BCUT2D eigenvalue weighted by atomic mass is 32.2. The second-order valence-corrected chi connectivity index (χ2v) is 7.36. The molecule has 0 radical (unpaired) electrons. The van der Waals surface area contributed by atoms with E-state index >= 15 is 0 Å². The van der Waals surface area contributed by atoms with Crippen LogP contribution in [0.15, 0.2) is 41.4 Å². The molecule has 0 spiro atoms. The van der Waals surface area contributed by atoms with Gasteiger partial charge in [-0.15, -0.1) is 0 Å². The second-order valence-electron chi connectivity index (χ2n) is 5.32. The zero-order chi connectivity index (χ0) is 15.5. The molecule has 2 aromatic rings. The summed E-state index contributed by atoms with van der Waals surface area (Å²) in [5.74, 6) is 0.0773. The van der Waals surface area contributed by atoms with Crippen molar-refractivity contribution in [1.29, 1.82) is 0 Å². The maximum atomic E-state index is 12.3. The summed E-state index contributed by atoms with van der Waals surface area (Å²) in [6.07, 6.45) is 1.73. The molecule has 6 heteroatoms. The number of hydrogen-bond acceptors (Lipinski definition) is 4. The van der Waals surface area contributed by atoms with E-state index in [4.69, 9.17) is 0 Å². The van der Waals surface area contributed by atoms with Gasteiger partial charge >= 0.3 is 0 Å². The predicted octanol–water partition coefficient (Wildman–Crippen LogP) is 1.68. The Hall–Kier alpha value is -1.66. The molecule has 1 unspecified atom stereocenters. The van der Waals surface area contributed by atoms with E-state index in [-0.39, 0.29) is 11.8 Å². The van der Waals surface area contributed by atoms with Crippen LogP contribution >= 0.6 is 0 Å². The molecule has 0 saturated carbocycles. The minimum atomic E-state index is -3.26. The van der Waals surface area contributed by atoms with Crippen LogP contribution < -0.4 is 5.32 Å². The largest absolute Gasteiger partial charge is 0.308 e. The summed E-state index contributed by atoms with van der Waals surface area (Å²) in [5, 5.41) is 7.31. The molecular weight excluding hydrogens is 286 g/mol. The first-order valence-corrected chi connectivity index (χ1v) is 8.53. The number of aryl methyl sites for hydroxylation is 2. The summed E-state index contributed by atoms with van der Waals surface area (Å²) < 4.78 is 26.4. The Kier molecular flexibility index (Phi) is 4.80. The number of nitrogens with one attached hydrogen (secondary N) is 1. The van der Waals surface area contributed by atoms with Gasteiger partial charge in [0.1, 0.15) is 0 Å². The van der Waals surface area contributed by atoms with E-state index in [1.54, 1.807) is 23.0 Å². The Labute approximate surface area is 125 Å². The lowest BCUT2D eigenvalue weighted by Crippen LogP contribution is -2.33. The predicted molar refractivity (Wildman–Crippen MR) is 82.7 cm³/mol. The third-order valence-electron chi connectivity index (χ3n) is 3.40. The highest BCUT2D eigenvalue weighted by molar-refractivity contribution is 7.91. The minimum absolute atomic E-state index is 0.0773. The van der Waals surface area contributed by atoms with Crippen LogP contribution in [-0.2, 0) is 23.4 Å². The first kappa shape index (κ1) is 15.7. The zero-order valence-electron chi connectivity index (χ0n) is 12.6. The van der Waals surface area contributed by atoms with Crippen LogP contribution in [0.2, 0.25) is 0 Å². The third kappa shape index (κ3) is 4.15. The third-order valence-corrected chi connectivity index (χ3v) is 5.33. The average molecular weight is 307 g/mol. The van der Waals surface area contributed by atoms with E-state index in [0.717, 1.165) is 11.3 Å². The van der Waals surface area contributed by atoms with Gasteiger partial charge in [0.05, 0.1) is 16.3 Å². The number of rotatable bonds is 6. The van der Waals surface area contributed by atoms with Crippen LogP contribution in [0.4, 0.5) is 0 Å². The van der Waals surface area contributed by atoms with Gasteiger partial charge in [-0.3, -0.25) is 4.68 Å². The lowest BCUT2D eigenvalue weighted by Gasteiger charge is -2.14. The molecule has 0 aliphatic carbocycles. The van der Waals surface area contributed by atoms with E-state index in [1.165, 1.54) is 0 Å². The van der Waals surface area contributed by atoms with Crippen molar-refractivity contribution < 1.29 is 8.42 Å². The SMILES string of the molecule is Cc1ccc(S(=O)(=O)CC(C)NCc2ccnn2C)cc1. The molecule has 1 aromatic carbocycles. The van der Waals surface area contributed by atoms with Crippen molar-refractivity contribution in [1.82, 2.24) is 15.1 Å². The number of aromatic nitrogens is 2. The van der Waals surface area contributed by atoms with Gasteiger partial charge in [-0.05, 0) is 32.0 Å². The van der Waals surface area contributed by atoms with Crippen LogP contribution in [-0.4, -0.2) is 30.0 Å². The van der Waals surface area contributed by atoms with Gasteiger partial charge in [-0.25, -0.2) is 8.42 Å². The van der Waals surface area contributed by atoms with Crippen LogP contribution in [0.3, 0.4) is 0 Å². The summed E-state index contributed by atoms with van der Waals surface area (Å²) in [6, 6.07) is 8.75. The van der Waals surface area contributed by atoms with Crippen molar-refractivity contribution in [3.8, 4) is 0 Å². The fraction of sp³-hybridized carbons (Fsp3) is 0.400. The van der Waals surface area contributed by atoms with Gasteiger partial charge in [-0.2, -0.15) is 5.10 Å². The molecule has 1 atom stereocenters. The van der Waals surface area contributed by atoms with Gasteiger partial charge in [0.2, 0.25) is 0 Å². The van der Waals surface area contributed by atoms with Gasteiger partial charge in [-0.1, -0.05) is 17.7 Å².